The second-order valence-electron chi connectivity index (χ2n) is 3.35. The van der Waals surface area contributed by atoms with Crippen LogP contribution in [0.3, 0.4) is 0 Å². The summed E-state index contributed by atoms with van der Waals surface area (Å²) >= 11 is 0. The van der Waals surface area contributed by atoms with Crippen LogP contribution in [-0.2, 0) is 11.2 Å². The summed E-state index contributed by atoms with van der Waals surface area (Å²) in [4.78, 5) is 25.4. The summed E-state index contributed by atoms with van der Waals surface area (Å²) in [5, 5.41) is 9.58. The number of aromatic hydroxyl groups is 1. The smallest absolute Gasteiger partial charge is 0.347 e. The van der Waals surface area contributed by atoms with Gasteiger partial charge in [0.25, 0.3) is 5.56 Å². The minimum atomic E-state index is -0.802. The fraction of sp³-hybridized carbons (Fsp3) is 0.455. The Bertz CT molecular complexity index is 436. The van der Waals surface area contributed by atoms with Gasteiger partial charge in [-0.25, -0.2) is 4.79 Å². The molecule has 0 aliphatic rings. The number of aromatic nitrogens is 1. The number of aromatic amines is 1. The lowest BCUT2D eigenvalue weighted by Gasteiger charge is -2.05. The molecule has 0 saturated heterocycles. The van der Waals surface area contributed by atoms with E-state index < -0.39 is 11.5 Å². The van der Waals surface area contributed by atoms with Crippen LogP contribution in [0.4, 0.5) is 0 Å². The van der Waals surface area contributed by atoms with E-state index in [4.69, 9.17) is 0 Å². The van der Waals surface area contributed by atoms with Crippen LogP contribution in [0.1, 0.15) is 36.3 Å². The number of carbonyl (C=O) groups excluding carboxylic acids is 1. The van der Waals surface area contributed by atoms with Crippen LogP contribution in [-0.4, -0.2) is 22.7 Å². The molecule has 5 nitrogen and oxygen atoms in total. The van der Waals surface area contributed by atoms with Gasteiger partial charge >= 0.3 is 5.97 Å². The van der Waals surface area contributed by atoms with Crippen molar-refractivity contribution in [1.29, 1.82) is 0 Å². The molecule has 16 heavy (non-hydrogen) atoms. The van der Waals surface area contributed by atoms with Crippen LogP contribution in [0.25, 0.3) is 0 Å². The van der Waals surface area contributed by atoms with Gasteiger partial charge in [0.2, 0.25) is 0 Å². The molecule has 0 unspecified atom stereocenters. The van der Waals surface area contributed by atoms with Crippen LogP contribution in [0.15, 0.2) is 10.9 Å². The molecule has 5 heteroatoms. The Hall–Kier alpha value is -1.78. The Morgan fingerprint density at radius 2 is 2.19 bits per heavy atom. The normalized spacial score (nSPS) is 10.1. The van der Waals surface area contributed by atoms with Gasteiger partial charge in [-0.05, 0) is 13.3 Å². The predicted molar refractivity (Wildman–Crippen MR) is 58.7 cm³/mol. The van der Waals surface area contributed by atoms with Crippen LogP contribution < -0.4 is 5.56 Å². The first-order valence-electron chi connectivity index (χ1n) is 5.22. The summed E-state index contributed by atoms with van der Waals surface area (Å²) in [6, 6.07) is 1.39. The van der Waals surface area contributed by atoms with E-state index in [0.717, 1.165) is 6.42 Å². The topological polar surface area (TPSA) is 79.4 Å². The molecule has 0 saturated carbocycles. The average Bonchev–Trinajstić information content (AvgIpc) is 2.17. The van der Waals surface area contributed by atoms with Crippen molar-refractivity contribution < 1.29 is 14.6 Å². The number of aryl methyl sites for hydroxylation is 1. The standard InChI is InChI=1S/C11H15NO4/c1-3-5-7-6-8(13)9(10(14)12-7)11(15)16-4-2/h6H,3-5H2,1-2H3,(H2,12,13,14). The van der Waals surface area contributed by atoms with Gasteiger partial charge in [0.1, 0.15) is 5.75 Å². The Balaban J connectivity index is 3.12. The maximum Gasteiger partial charge on any atom is 0.347 e. The zero-order chi connectivity index (χ0) is 12.1. The second-order valence-corrected chi connectivity index (χ2v) is 3.35. The summed E-state index contributed by atoms with van der Waals surface area (Å²) in [6.07, 6.45) is 1.49. The number of nitrogens with one attached hydrogen (secondary N) is 1. The van der Waals surface area contributed by atoms with Gasteiger partial charge in [0, 0.05) is 11.8 Å². The summed E-state index contributed by atoms with van der Waals surface area (Å²) in [6.45, 7) is 3.75. The maximum absolute atomic E-state index is 11.5. The second kappa shape index (κ2) is 5.34. The molecular weight excluding hydrogens is 210 g/mol. The molecule has 0 aromatic carbocycles. The number of ether oxygens (including phenoxy) is 1. The van der Waals surface area contributed by atoms with Crippen LogP contribution in [0.5, 0.6) is 5.75 Å². The highest BCUT2D eigenvalue weighted by atomic mass is 16.5. The highest BCUT2D eigenvalue weighted by Gasteiger charge is 2.17. The quantitative estimate of drug-likeness (QED) is 0.755. The Labute approximate surface area is 93.1 Å². The third-order valence-electron chi connectivity index (χ3n) is 2.07. The van der Waals surface area contributed by atoms with E-state index in [1.54, 1.807) is 6.92 Å². The number of hydrogen-bond donors (Lipinski definition) is 2. The molecule has 0 amide bonds. The van der Waals surface area contributed by atoms with Gasteiger partial charge in [-0.1, -0.05) is 13.3 Å². The van der Waals surface area contributed by atoms with Gasteiger partial charge in [0.05, 0.1) is 6.61 Å². The lowest BCUT2D eigenvalue weighted by atomic mass is 10.2. The van der Waals surface area contributed by atoms with Crippen molar-refractivity contribution in [2.45, 2.75) is 26.7 Å². The summed E-state index contributed by atoms with van der Waals surface area (Å²) < 4.78 is 4.67. The molecule has 1 aromatic rings. The molecule has 0 fully saturated rings. The molecule has 0 aliphatic heterocycles. The van der Waals surface area contributed by atoms with Crippen molar-refractivity contribution in [3.8, 4) is 5.75 Å². The number of esters is 1. The molecule has 0 radical (unpaired) electrons. The van der Waals surface area contributed by atoms with E-state index >= 15 is 0 Å². The maximum atomic E-state index is 11.5. The van der Waals surface area contributed by atoms with Crippen LogP contribution in [0.2, 0.25) is 0 Å². The summed E-state index contributed by atoms with van der Waals surface area (Å²) in [5.74, 6) is -1.13. The van der Waals surface area contributed by atoms with Gasteiger partial charge in [-0.15, -0.1) is 0 Å². The molecule has 0 atom stereocenters. The van der Waals surface area contributed by atoms with E-state index in [9.17, 15) is 14.7 Å². The number of rotatable bonds is 4. The zero-order valence-electron chi connectivity index (χ0n) is 9.37. The van der Waals surface area contributed by atoms with Crippen LogP contribution in [0, 0.1) is 0 Å². The monoisotopic (exact) mass is 225 g/mol. The van der Waals surface area contributed by atoms with E-state index in [1.807, 2.05) is 6.92 Å². The van der Waals surface area contributed by atoms with Crippen molar-refractivity contribution >= 4 is 5.97 Å². The van der Waals surface area contributed by atoms with Crippen molar-refractivity contribution in [3.63, 3.8) is 0 Å². The number of carbonyl (C=O) groups is 1. The van der Waals surface area contributed by atoms with E-state index in [1.165, 1.54) is 6.07 Å². The fourth-order valence-electron chi connectivity index (χ4n) is 1.40. The Kier molecular flexibility index (Phi) is 4.10. The Morgan fingerprint density at radius 3 is 2.69 bits per heavy atom. The highest BCUT2D eigenvalue weighted by Crippen LogP contribution is 2.15. The third kappa shape index (κ3) is 2.62. The lowest BCUT2D eigenvalue weighted by molar-refractivity contribution is 0.0521. The number of pyridine rings is 1. The molecule has 0 spiro atoms. The predicted octanol–water partition coefficient (Wildman–Crippen LogP) is 1.21. The average molecular weight is 225 g/mol. The van der Waals surface area contributed by atoms with E-state index in [0.29, 0.717) is 12.1 Å². The first-order chi connectivity index (χ1) is 7.60. The first-order valence-corrected chi connectivity index (χ1v) is 5.22. The van der Waals surface area contributed by atoms with Crippen molar-refractivity contribution in [2.24, 2.45) is 0 Å². The summed E-state index contributed by atoms with van der Waals surface area (Å²) in [5.41, 5.74) is -0.332. The third-order valence-corrected chi connectivity index (χ3v) is 2.07. The minimum Gasteiger partial charge on any atom is -0.507 e. The molecule has 1 aromatic heterocycles. The van der Waals surface area contributed by atoms with Crippen molar-refractivity contribution in [2.75, 3.05) is 6.61 Å². The van der Waals surface area contributed by atoms with E-state index in [2.05, 4.69) is 9.72 Å². The zero-order valence-corrected chi connectivity index (χ0v) is 9.37. The van der Waals surface area contributed by atoms with Gasteiger partial charge in [-0.3, -0.25) is 4.79 Å². The molecule has 1 rings (SSSR count). The summed E-state index contributed by atoms with van der Waals surface area (Å²) in [7, 11) is 0. The highest BCUT2D eigenvalue weighted by molar-refractivity contribution is 5.91. The van der Waals surface area contributed by atoms with E-state index in [-0.39, 0.29) is 17.9 Å². The molecule has 88 valence electrons. The Morgan fingerprint density at radius 1 is 1.50 bits per heavy atom. The number of hydrogen-bond acceptors (Lipinski definition) is 4. The minimum absolute atomic E-state index is 0.161. The molecule has 1 heterocycles. The SMILES string of the molecule is CCCc1cc(O)c(C(=O)OCC)c(=O)[nH]1. The fourth-order valence-corrected chi connectivity index (χ4v) is 1.40. The van der Waals surface area contributed by atoms with Crippen molar-refractivity contribution in [3.05, 3.63) is 27.7 Å². The van der Waals surface area contributed by atoms with Crippen LogP contribution >= 0.6 is 0 Å². The first kappa shape index (κ1) is 12.3. The molecule has 0 bridgehead atoms. The molecular formula is C11H15NO4. The van der Waals surface area contributed by atoms with Gasteiger partial charge < -0.3 is 14.8 Å². The number of H-pyrrole nitrogens is 1. The largest absolute Gasteiger partial charge is 0.507 e. The molecule has 0 aliphatic carbocycles. The lowest BCUT2D eigenvalue weighted by Crippen LogP contribution is -2.21. The molecule has 2 N–H and O–H groups in total. The van der Waals surface area contributed by atoms with Gasteiger partial charge in [0.15, 0.2) is 5.56 Å². The van der Waals surface area contributed by atoms with Crippen molar-refractivity contribution in [1.82, 2.24) is 4.98 Å². The van der Waals surface area contributed by atoms with Gasteiger partial charge in [-0.2, -0.15) is 0 Å².